The molecule has 0 bridgehead atoms. The zero-order chi connectivity index (χ0) is 12.4. The summed E-state index contributed by atoms with van der Waals surface area (Å²) < 4.78 is 5.27. The van der Waals surface area contributed by atoms with Gasteiger partial charge in [-0.1, -0.05) is 6.07 Å². The molecule has 1 aliphatic rings. The number of rotatable bonds is 3. The first-order valence-corrected chi connectivity index (χ1v) is 6.35. The molecule has 3 rings (SSSR count). The van der Waals surface area contributed by atoms with Crippen LogP contribution in [0.15, 0.2) is 36.7 Å². The minimum Gasteiger partial charge on any atom is -0.497 e. The Morgan fingerprint density at radius 2 is 2.22 bits per heavy atom. The number of nitrogens with zero attached hydrogens (tertiary/aromatic N) is 1. The lowest BCUT2D eigenvalue weighted by Crippen LogP contribution is -2.29. The molecule has 0 radical (unpaired) electrons. The fourth-order valence-electron chi connectivity index (χ4n) is 2.56. The summed E-state index contributed by atoms with van der Waals surface area (Å²) in [6.45, 7) is 3.17. The van der Waals surface area contributed by atoms with Gasteiger partial charge in [-0.05, 0) is 41.3 Å². The van der Waals surface area contributed by atoms with E-state index < -0.39 is 0 Å². The quantitative estimate of drug-likeness (QED) is 0.896. The standard InChI is InChI=1S/C15H18N2O/c1-18-15-3-2-14-11-17(7-5-13(14)8-15)10-12-4-6-16-9-12/h2-4,6,8-9,16H,5,7,10-11H2,1H3. The summed E-state index contributed by atoms with van der Waals surface area (Å²) in [7, 11) is 1.72. The van der Waals surface area contributed by atoms with E-state index in [0.29, 0.717) is 0 Å². The molecule has 18 heavy (non-hydrogen) atoms. The van der Waals surface area contributed by atoms with Crippen LogP contribution in [0.2, 0.25) is 0 Å². The molecule has 1 N–H and O–H groups in total. The van der Waals surface area contributed by atoms with Gasteiger partial charge in [-0.3, -0.25) is 4.90 Å². The average molecular weight is 242 g/mol. The molecular weight excluding hydrogens is 224 g/mol. The van der Waals surface area contributed by atoms with Crippen LogP contribution in [-0.4, -0.2) is 23.5 Å². The average Bonchev–Trinajstić information content (AvgIpc) is 2.91. The maximum atomic E-state index is 5.27. The van der Waals surface area contributed by atoms with Crippen LogP contribution >= 0.6 is 0 Å². The van der Waals surface area contributed by atoms with Gasteiger partial charge in [0.25, 0.3) is 0 Å². The van der Waals surface area contributed by atoms with Gasteiger partial charge in [-0.25, -0.2) is 0 Å². The summed E-state index contributed by atoms with van der Waals surface area (Å²) in [6.07, 6.45) is 5.17. The number of nitrogens with one attached hydrogen (secondary N) is 1. The summed E-state index contributed by atoms with van der Waals surface area (Å²) in [5.74, 6) is 0.966. The van der Waals surface area contributed by atoms with Crippen molar-refractivity contribution in [1.29, 1.82) is 0 Å². The van der Waals surface area contributed by atoms with Gasteiger partial charge in [0.15, 0.2) is 0 Å². The molecule has 0 amide bonds. The Kier molecular flexibility index (Phi) is 3.07. The summed E-state index contributed by atoms with van der Waals surface area (Å²) in [4.78, 5) is 5.59. The number of methoxy groups -OCH3 is 1. The Labute approximate surface area is 107 Å². The molecule has 0 aliphatic carbocycles. The molecule has 2 heterocycles. The fraction of sp³-hybridized carbons (Fsp3) is 0.333. The number of H-pyrrole nitrogens is 1. The van der Waals surface area contributed by atoms with Crippen molar-refractivity contribution in [2.45, 2.75) is 19.5 Å². The highest BCUT2D eigenvalue weighted by molar-refractivity contribution is 5.37. The van der Waals surface area contributed by atoms with Crippen LogP contribution in [0, 0.1) is 0 Å². The van der Waals surface area contributed by atoms with Crippen molar-refractivity contribution < 1.29 is 4.74 Å². The van der Waals surface area contributed by atoms with Crippen molar-refractivity contribution in [2.75, 3.05) is 13.7 Å². The van der Waals surface area contributed by atoms with Crippen molar-refractivity contribution in [3.05, 3.63) is 53.3 Å². The molecule has 1 aliphatic heterocycles. The zero-order valence-electron chi connectivity index (χ0n) is 10.6. The minimum atomic E-state index is 0.966. The SMILES string of the molecule is COc1ccc2c(c1)CCN(Cc1cc[nH]c1)C2. The van der Waals surface area contributed by atoms with Crippen LogP contribution in [0.3, 0.4) is 0 Å². The molecule has 3 heteroatoms. The molecule has 1 aromatic heterocycles. The molecule has 3 nitrogen and oxygen atoms in total. The van der Waals surface area contributed by atoms with Crippen LogP contribution in [0.25, 0.3) is 0 Å². The predicted octanol–water partition coefficient (Wildman–Crippen LogP) is 2.58. The lowest BCUT2D eigenvalue weighted by atomic mass is 9.99. The van der Waals surface area contributed by atoms with Crippen LogP contribution in [0.1, 0.15) is 16.7 Å². The summed E-state index contributed by atoms with van der Waals surface area (Å²) >= 11 is 0. The molecule has 0 saturated heterocycles. The second-order valence-corrected chi connectivity index (χ2v) is 4.81. The van der Waals surface area contributed by atoms with Gasteiger partial charge in [0.1, 0.15) is 5.75 Å². The highest BCUT2D eigenvalue weighted by atomic mass is 16.5. The molecule has 0 fully saturated rings. The van der Waals surface area contributed by atoms with Crippen LogP contribution in [-0.2, 0) is 19.5 Å². The third-order valence-electron chi connectivity index (χ3n) is 3.57. The minimum absolute atomic E-state index is 0.966. The second kappa shape index (κ2) is 4.86. The van der Waals surface area contributed by atoms with Crippen LogP contribution in [0.5, 0.6) is 5.75 Å². The van der Waals surface area contributed by atoms with Crippen molar-refractivity contribution >= 4 is 0 Å². The van der Waals surface area contributed by atoms with E-state index in [-0.39, 0.29) is 0 Å². The molecular formula is C15H18N2O. The number of hydrogen-bond acceptors (Lipinski definition) is 2. The lowest BCUT2D eigenvalue weighted by Gasteiger charge is -2.28. The maximum absolute atomic E-state index is 5.27. The van der Waals surface area contributed by atoms with Gasteiger partial charge < -0.3 is 9.72 Å². The van der Waals surface area contributed by atoms with Gasteiger partial charge in [0.05, 0.1) is 7.11 Å². The molecule has 0 saturated carbocycles. The topological polar surface area (TPSA) is 28.3 Å². The van der Waals surface area contributed by atoms with E-state index >= 15 is 0 Å². The maximum Gasteiger partial charge on any atom is 0.119 e. The van der Waals surface area contributed by atoms with Crippen molar-refractivity contribution in [3.63, 3.8) is 0 Å². The number of hydrogen-bond donors (Lipinski definition) is 1. The number of aromatic amines is 1. The first-order valence-electron chi connectivity index (χ1n) is 6.35. The Balaban J connectivity index is 1.73. The summed E-state index contributed by atoms with van der Waals surface area (Å²) in [5.41, 5.74) is 4.21. The van der Waals surface area contributed by atoms with Gasteiger partial charge in [0, 0.05) is 32.0 Å². The molecule has 0 atom stereocenters. The van der Waals surface area contributed by atoms with Crippen LogP contribution in [0.4, 0.5) is 0 Å². The Bertz CT molecular complexity index is 519. The molecule has 2 aromatic rings. The van der Waals surface area contributed by atoms with E-state index in [9.17, 15) is 0 Å². The highest BCUT2D eigenvalue weighted by Crippen LogP contribution is 2.24. The first-order chi connectivity index (χ1) is 8.85. The molecule has 1 aromatic carbocycles. The number of ether oxygens (including phenoxy) is 1. The number of benzene rings is 1. The van der Waals surface area contributed by atoms with E-state index in [1.54, 1.807) is 7.11 Å². The molecule has 94 valence electrons. The largest absolute Gasteiger partial charge is 0.497 e. The van der Waals surface area contributed by atoms with E-state index in [1.165, 1.54) is 16.7 Å². The van der Waals surface area contributed by atoms with Crippen molar-refractivity contribution in [3.8, 4) is 5.75 Å². The normalized spacial score (nSPS) is 15.4. The Morgan fingerprint density at radius 1 is 1.28 bits per heavy atom. The molecule has 0 spiro atoms. The van der Waals surface area contributed by atoms with Gasteiger partial charge in [0.2, 0.25) is 0 Å². The van der Waals surface area contributed by atoms with Crippen LogP contribution < -0.4 is 4.74 Å². The lowest BCUT2D eigenvalue weighted by molar-refractivity contribution is 0.245. The van der Waals surface area contributed by atoms with Gasteiger partial charge in [-0.15, -0.1) is 0 Å². The van der Waals surface area contributed by atoms with E-state index in [0.717, 1.165) is 31.8 Å². The smallest absolute Gasteiger partial charge is 0.119 e. The van der Waals surface area contributed by atoms with Crippen molar-refractivity contribution in [2.24, 2.45) is 0 Å². The second-order valence-electron chi connectivity index (χ2n) is 4.81. The van der Waals surface area contributed by atoms with Gasteiger partial charge >= 0.3 is 0 Å². The van der Waals surface area contributed by atoms with E-state index in [4.69, 9.17) is 4.74 Å². The van der Waals surface area contributed by atoms with E-state index in [2.05, 4.69) is 40.3 Å². The first kappa shape index (κ1) is 11.4. The fourth-order valence-corrected chi connectivity index (χ4v) is 2.56. The van der Waals surface area contributed by atoms with E-state index in [1.807, 2.05) is 6.20 Å². The monoisotopic (exact) mass is 242 g/mol. The third-order valence-corrected chi connectivity index (χ3v) is 3.57. The zero-order valence-corrected chi connectivity index (χ0v) is 10.6. The number of fused-ring (bicyclic) bond motifs is 1. The van der Waals surface area contributed by atoms with Gasteiger partial charge in [-0.2, -0.15) is 0 Å². The Morgan fingerprint density at radius 3 is 3.00 bits per heavy atom. The van der Waals surface area contributed by atoms with Crippen molar-refractivity contribution in [1.82, 2.24) is 9.88 Å². The summed E-state index contributed by atoms with van der Waals surface area (Å²) in [5, 5.41) is 0. The summed E-state index contributed by atoms with van der Waals surface area (Å²) in [6, 6.07) is 8.56. The predicted molar refractivity (Wildman–Crippen MR) is 71.6 cm³/mol. The highest BCUT2D eigenvalue weighted by Gasteiger charge is 2.16. The molecule has 0 unspecified atom stereocenters. The Hall–Kier alpha value is -1.74. The third kappa shape index (κ3) is 2.27. The number of aromatic nitrogens is 1.